The second-order valence-electron chi connectivity index (χ2n) is 3.85. The van der Waals surface area contributed by atoms with Gasteiger partial charge in [-0.25, -0.2) is 13.6 Å². The Morgan fingerprint density at radius 3 is 2.83 bits per heavy atom. The van der Waals surface area contributed by atoms with Gasteiger partial charge in [0.05, 0.1) is 12.8 Å². The van der Waals surface area contributed by atoms with E-state index in [9.17, 15) is 18.7 Å². The number of aromatic nitrogens is 2. The zero-order valence-electron chi connectivity index (χ0n) is 9.03. The summed E-state index contributed by atoms with van der Waals surface area (Å²) in [6, 6.07) is 0. The minimum atomic E-state index is -1.98. The lowest BCUT2D eigenvalue weighted by Gasteiger charge is -2.15. The van der Waals surface area contributed by atoms with Gasteiger partial charge in [-0.05, 0) is 0 Å². The van der Waals surface area contributed by atoms with Crippen LogP contribution in [0.2, 0.25) is 0 Å². The van der Waals surface area contributed by atoms with Crippen molar-refractivity contribution in [2.45, 2.75) is 24.6 Å². The van der Waals surface area contributed by atoms with Crippen LogP contribution in [0.25, 0.3) is 0 Å². The molecule has 1 aromatic heterocycles. The first kappa shape index (κ1) is 12.9. The van der Waals surface area contributed by atoms with Gasteiger partial charge >= 0.3 is 5.69 Å². The van der Waals surface area contributed by atoms with Gasteiger partial charge in [0.1, 0.15) is 12.2 Å². The largest absolute Gasteiger partial charge is 0.394 e. The number of hydrogen-bond donors (Lipinski definition) is 3. The van der Waals surface area contributed by atoms with Gasteiger partial charge in [0.2, 0.25) is 0 Å². The second-order valence-corrected chi connectivity index (χ2v) is 3.85. The number of ether oxygens (including phenoxy) is 1. The molecule has 4 atom stereocenters. The fraction of sp³-hybridized carbons (Fsp3) is 0.556. The van der Waals surface area contributed by atoms with Crippen molar-refractivity contribution in [1.82, 2.24) is 9.55 Å². The molecule has 1 aromatic rings. The molecule has 1 saturated heterocycles. The molecule has 0 radical (unpaired) electrons. The van der Waals surface area contributed by atoms with E-state index in [0.29, 0.717) is 10.8 Å². The van der Waals surface area contributed by atoms with Crippen molar-refractivity contribution in [3.63, 3.8) is 0 Å². The molecule has 7 nitrogen and oxygen atoms in total. The highest BCUT2D eigenvalue weighted by atomic mass is 19.1. The molecular formula is C9H11F2N3O4. The van der Waals surface area contributed by atoms with Crippen LogP contribution in [0.5, 0.6) is 0 Å². The van der Waals surface area contributed by atoms with Crippen LogP contribution in [0.1, 0.15) is 6.23 Å². The summed E-state index contributed by atoms with van der Waals surface area (Å²) in [5.74, 6) is -1.61. The fourth-order valence-corrected chi connectivity index (χ4v) is 1.72. The molecular weight excluding hydrogens is 252 g/mol. The van der Waals surface area contributed by atoms with Crippen molar-refractivity contribution in [2.75, 3.05) is 12.3 Å². The predicted octanol–water partition coefficient (Wildman–Crippen LogP) is -1.45. The van der Waals surface area contributed by atoms with E-state index in [1.54, 1.807) is 0 Å². The average Bonchev–Trinajstić information content (AvgIpc) is 2.61. The molecule has 0 aromatic carbocycles. The van der Waals surface area contributed by atoms with E-state index >= 15 is 0 Å². The lowest BCUT2D eigenvalue weighted by Crippen LogP contribution is -2.34. The molecule has 0 spiro atoms. The smallest absolute Gasteiger partial charge is 0.351 e. The van der Waals surface area contributed by atoms with Crippen LogP contribution in [0.3, 0.4) is 0 Å². The van der Waals surface area contributed by atoms with Crippen molar-refractivity contribution in [1.29, 1.82) is 0 Å². The normalized spacial score (nSPS) is 31.8. The van der Waals surface area contributed by atoms with Crippen molar-refractivity contribution >= 4 is 5.82 Å². The first-order chi connectivity index (χ1) is 8.45. The third-order valence-corrected chi connectivity index (χ3v) is 2.68. The van der Waals surface area contributed by atoms with Crippen LogP contribution in [0.4, 0.5) is 14.6 Å². The maximum atomic E-state index is 13.7. The van der Waals surface area contributed by atoms with E-state index in [4.69, 9.17) is 15.6 Å². The van der Waals surface area contributed by atoms with E-state index in [0.717, 1.165) is 0 Å². The van der Waals surface area contributed by atoms with Crippen LogP contribution in [0.15, 0.2) is 11.0 Å². The van der Waals surface area contributed by atoms with Gasteiger partial charge in [0, 0.05) is 0 Å². The number of aliphatic hydroxyl groups excluding tert-OH is 2. The second kappa shape index (κ2) is 4.59. The van der Waals surface area contributed by atoms with Gasteiger partial charge in [0.25, 0.3) is 0 Å². The Hall–Kier alpha value is -1.58. The SMILES string of the molecule is Nc1nc(=O)n([C@H]2O[C@@H](CO)[C@H](O)[C@H]2F)cc1F. The molecule has 0 bridgehead atoms. The Labute approximate surface area is 99.4 Å². The van der Waals surface area contributed by atoms with Crippen LogP contribution in [0, 0.1) is 5.82 Å². The lowest BCUT2D eigenvalue weighted by atomic mass is 10.1. The minimum Gasteiger partial charge on any atom is -0.394 e. The summed E-state index contributed by atoms with van der Waals surface area (Å²) in [4.78, 5) is 14.6. The van der Waals surface area contributed by atoms with Crippen molar-refractivity contribution in [3.05, 3.63) is 22.5 Å². The Balaban J connectivity index is 2.39. The van der Waals surface area contributed by atoms with E-state index in [2.05, 4.69) is 4.98 Å². The van der Waals surface area contributed by atoms with E-state index in [-0.39, 0.29) is 0 Å². The van der Waals surface area contributed by atoms with Crippen LogP contribution in [-0.2, 0) is 4.74 Å². The summed E-state index contributed by atoms with van der Waals surface area (Å²) < 4.78 is 32.4. The van der Waals surface area contributed by atoms with Crippen molar-refractivity contribution in [2.24, 2.45) is 0 Å². The van der Waals surface area contributed by atoms with Gasteiger partial charge in [-0.15, -0.1) is 0 Å². The standard InChI is InChI=1S/C9H11F2N3O4/c10-3-1-14(9(17)13-7(3)12)8-5(11)6(16)4(2-15)18-8/h1,4-6,8,15-16H,2H2,(H2,12,13,17)/t4-,5+,6-,8-/m0/s1. The van der Waals surface area contributed by atoms with Gasteiger partial charge in [-0.3, -0.25) is 4.57 Å². The molecule has 9 heteroatoms. The molecule has 0 saturated carbocycles. The van der Waals surface area contributed by atoms with Crippen LogP contribution < -0.4 is 11.4 Å². The highest BCUT2D eigenvalue weighted by Crippen LogP contribution is 2.30. The quantitative estimate of drug-likeness (QED) is 0.602. The summed E-state index contributed by atoms with van der Waals surface area (Å²) in [6.07, 6.45) is -5.67. The number of nitrogens with two attached hydrogens (primary N) is 1. The summed E-state index contributed by atoms with van der Waals surface area (Å²) in [6.45, 7) is -0.627. The number of aliphatic hydroxyl groups is 2. The summed E-state index contributed by atoms with van der Waals surface area (Å²) in [5, 5.41) is 18.2. The molecule has 2 heterocycles. The first-order valence-electron chi connectivity index (χ1n) is 5.08. The topological polar surface area (TPSA) is 111 Å². The molecule has 18 heavy (non-hydrogen) atoms. The van der Waals surface area contributed by atoms with Gasteiger partial charge in [-0.1, -0.05) is 0 Å². The molecule has 1 aliphatic heterocycles. The highest BCUT2D eigenvalue weighted by molar-refractivity contribution is 5.26. The zero-order chi connectivity index (χ0) is 13.4. The van der Waals surface area contributed by atoms with Crippen molar-refractivity contribution in [3.8, 4) is 0 Å². The third-order valence-electron chi connectivity index (χ3n) is 2.68. The molecule has 0 unspecified atom stereocenters. The number of anilines is 1. The number of hydrogen-bond acceptors (Lipinski definition) is 6. The molecule has 1 fully saturated rings. The third kappa shape index (κ3) is 1.96. The molecule has 2 rings (SSSR count). The minimum absolute atomic E-state index is 0.551. The maximum Gasteiger partial charge on any atom is 0.351 e. The summed E-state index contributed by atoms with van der Waals surface area (Å²) in [5.41, 5.74) is 4.07. The van der Waals surface area contributed by atoms with E-state index in [1.165, 1.54) is 0 Å². The molecule has 1 aliphatic rings. The highest BCUT2D eigenvalue weighted by Gasteiger charge is 2.45. The lowest BCUT2D eigenvalue weighted by molar-refractivity contribution is -0.0494. The van der Waals surface area contributed by atoms with E-state index < -0.39 is 48.5 Å². The Bertz CT molecular complexity index is 509. The number of halogens is 2. The van der Waals surface area contributed by atoms with Gasteiger partial charge < -0.3 is 20.7 Å². The van der Waals surface area contributed by atoms with Crippen molar-refractivity contribution < 1.29 is 23.7 Å². The van der Waals surface area contributed by atoms with Crippen LogP contribution >= 0.6 is 0 Å². The van der Waals surface area contributed by atoms with Gasteiger partial charge in [-0.2, -0.15) is 4.98 Å². The summed E-state index contributed by atoms with van der Waals surface area (Å²) in [7, 11) is 0. The first-order valence-corrected chi connectivity index (χ1v) is 5.08. The Kier molecular flexibility index (Phi) is 3.28. The Morgan fingerprint density at radius 1 is 1.61 bits per heavy atom. The van der Waals surface area contributed by atoms with Gasteiger partial charge in [0.15, 0.2) is 24.0 Å². The molecule has 0 aliphatic carbocycles. The monoisotopic (exact) mass is 263 g/mol. The average molecular weight is 263 g/mol. The molecule has 0 amide bonds. The number of nitrogens with zero attached hydrogens (tertiary/aromatic N) is 2. The zero-order valence-corrected chi connectivity index (χ0v) is 9.03. The molecule has 100 valence electrons. The Morgan fingerprint density at radius 2 is 2.28 bits per heavy atom. The summed E-state index contributed by atoms with van der Waals surface area (Å²) >= 11 is 0. The predicted molar refractivity (Wildman–Crippen MR) is 54.8 cm³/mol. The van der Waals surface area contributed by atoms with Crippen LogP contribution in [-0.4, -0.2) is 44.8 Å². The number of rotatable bonds is 2. The number of alkyl halides is 1. The fourth-order valence-electron chi connectivity index (χ4n) is 1.72. The number of nitrogen functional groups attached to an aromatic ring is 1. The molecule has 4 N–H and O–H groups in total. The van der Waals surface area contributed by atoms with E-state index in [1.807, 2.05) is 0 Å². The maximum absolute atomic E-state index is 13.7.